The molecule has 28 heavy (non-hydrogen) atoms. The summed E-state index contributed by atoms with van der Waals surface area (Å²) in [5.74, 6) is 0.290. The number of rotatable bonds is 3. The lowest BCUT2D eigenvalue weighted by atomic mass is 10.1. The molecule has 0 unspecified atom stereocenters. The molecule has 4 rings (SSSR count). The second-order valence-electron chi connectivity index (χ2n) is 6.84. The van der Waals surface area contributed by atoms with Crippen LogP contribution in [0.3, 0.4) is 0 Å². The molecule has 0 atom stereocenters. The number of carbonyl (C=O) groups is 1. The molecule has 0 bridgehead atoms. The zero-order valence-corrected chi connectivity index (χ0v) is 16.6. The lowest BCUT2D eigenvalue weighted by Crippen LogP contribution is -2.24. The summed E-state index contributed by atoms with van der Waals surface area (Å²) in [6.45, 7) is 0.732. The van der Waals surface area contributed by atoms with Gasteiger partial charge < -0.3 is 4.74 Å². The van der Waals surface area contributed by atoms with E-state index in [9.17, 15) is 9.59 Å². The number of aromatic nitrogens is 2. The van der Waals surface area contributed by atoms with Crippen molar-refractivity contribution >= 4 is 40.1 Å². The van der Waals surface area contributed by atoms with Crippen molar-refractivity contribution in [2.75, 3.05) is 0 Å². The molecule has 7 heteroatoms. The quantitative estimate of drug-likeness (QED) is 0.575. The third kappa shape index (κ3) is 3.77. The molecule has 3 aromatic rings. The van der Waals surface area contributed by atoms with E-state index in [1.807, 2.05) is 0 Å². The number of ether oxygens (including phenoxy) is 1. The number of fused-ring (bicyclic) bond motifs is 2. The topological polar surface area (TPSA) is 61.2 Å². The predicted octanol–water partition coefficient (Wildman–Crippen LogP) is 4.79. The molecule has 0 saturated carbocycles. The summed E-state index contributed by atoms with van der Waals surface area (Å²) < 4.78 is 7.13. The highest BCUT2D eigenvalue weighted by Gasteiger charge is 2.16. The SMILES string of the molecule is O=C(OCc1ccc(Cl)cc1Cl)c1ccc2c(=O)n3c(nc2c1)CCCCC3. The van der Waals surface area contributed by atoms with Crippen LogP contribution in [0.5, 0.6) is 0 Å². The summed E-state index contributed by atoms with van der Waals surface area (Å²) in [5.41, 5.74) is 1.50. The van der Waals surface area contributed by atoms with Gasteiger partial charge in [0.15, 0.2) is 0 Å². The van der Waals surface area contributed by atoms with Crippen LogP contribution in [0.15, 0.2) is 41.2 Å². The molecular weight excluding hydrogens is 399 g/mol. The van der Waals surface area contributed by atoms with Crippen LogP contribution in [0.25, 0.3) is 10.9 Å². The second-order valence-corrected chi connectivity index (χ2v) is 7.68. The van der Waals surface area contributed by atoms with Crippen molar-refractivity contribution in [2.45, 2.75) is 38.8 Å². The molecule has 144 valence electrons. The molecule has 5 nitrogen and oxygen atoms in total. The summed E-state index contributed by atoms with van der Waals surface area (Å²) in [4.78, 5) is 29.9. The highest BCUT2D eigenvalue weighted by atomic mass is 35.5. The van der Waals surface area contributed by atoms with Gasteiger partial charge in [0.05, 0.1) is 16.5 Å². The molecule has 1 aromatic heterocycles. The maximum Gasteiger partial charge on any atom is 0.338 e. The van der Waals surface area contributed by atoms with Crippen molar-refractivity contribution in [1.29, 1.82) is 0 Å². The Morgan fingerprint density at radius 3 is 2.79 bits per heavy atom. The average Bonchev–Trinajstić information content (AvgIpc) is 2.92. The summed E-state index contributed by atoms with van der Waals surface area (Å²) >= 11 is 12.0. The fourth-order valence-corrected chi connectivity index (χ4v) is 3.87. The Morgan fingerprint density at radius 2 is 1.96 bits per heavy atom. The summed E-state index contributed by atoms with van der Waals surface area (Å²) in [6.07, 6.45) is 3.86. The van der Waals surface area contributed by atoms with Gasteiger partial charge in [-0.15, -0.1) is 0 Å². The van der Waals surface area contributed by atoms with E-state index in [1.54, 1.807) is 41.0 Å². The number of hydrogen-bond acceptors (Lipinski definition) is 4. The number of halogens is 2. The van der Waals surface area contributed by atoms with Crippen LogP contribution in [0.1, 0.15) is 41.0 Å². The molecule has 2 aromatic carbocycles. The molecule has 0 saturated heterocycles. The van der Waals surface area contributed by atoms with Gasteiger partial charge in [-0.25, -0.2) is 9.78 Å². The van der Waals surface area contributed by atoms with Crippen molar-refractivity contribution in [1.82, 2.24) is 9.55 Å². The summed E-state index contributed by atoms with van der Waals surface area (Å²) in [6, 6.07) is 9.88. The third-order valence-corrected chi connectivity index (χ3v) is 5.51. The number of hydrogen-bond donors (Lipinski definition) is 0. The van der Waals surface area contributed by atoms with Gasteiger partial charge in [0.25, 0.3) is 5.56 Å². The van der Waals surface area contributed by atoms with Gasteiger partial charge >= 0.3 is 5.97 Å². The Morgan fingerprint density at radius 1 is 1.11 bits per heavy atom. The Labute approximate surface area is 171 Å². The zero-order valence-electron chi connectivity index (χ0n) is 15.1. The Hall–Kier alpha value is -2.37. The number of carbonyl (C=O) groups excluding carboxylic acids is 1. The summed E-state index contributed by atoms with van der Waals surface area (Å²) in [5, 5.41) is 1.48. The number of nitrogens with zero attached hydrogens (tertiary/aromatic N) is 2. The number of aryl methyl sites for hydroxylation is 1. The molecule has 0 aliphatic carbocycles. The van der Waals surface area contributed by atoms with Crippen molar-refractivity contribution in [3.8, 4) is 0 Å². The van der Waals surface area contributed by atoms with Gasteiger partial charge in [0.1, 0.15) is 12.4 Å². The molecule has 0 radical (unpaired) electrons. The highest BCUT2D eigenvalue weighted by molar-refractivity contribution is 6.35. The van der Waals surface area contributed by atoms with Crippen LogP contribution in [-0.4, -0.2) is 15.5 Å². The zero-order chi connectivity index (χ0) is 19.7. The highest BCUT2D eigenvalue weighted by Crippen LogP contribution is 2.22. The van der Waals surface area contributed by atoms with Crippen molar-refractivity contribution in [3.63, 3.8) is 0 Å². The molecule has 1 aliphatic rings. The standard InChI is InChI=1S/C21H18Cl2N2O3/c22-15-7-5-14(17(23)11-15)12-28-21(27)13-6-8-16-18(10-13)24-19-4-2-1-3-9-25(19)20(16)26/h5-8,10-11H,1-4,9,12H2. The molecule has 0 spiro atoms. The lowest BCUT2D eigenvalue weighted by molar-refractivity contribution is 0.0473. The van der Waals surface area contributed by atoms with Crippen LogP contribution in [0, 0.1) is 0 Å². The predicted molar refractivity (Wildman–Crippen MR) is 109 cm³/mol. The minimum atomic E-state index is -0.496. The number of benzene rings is 2. The molecular formula is C21H18Cl2N2O3. The fourth-order valence-electron chi connectivity index (χ4n) is 3.41. The Balaban J connectivity index is 1.60. The van der Waals surface area contributed by atoms with Crippen molar-refractivity contribution < 1.29 is 9.53 Å². The van der Waals surface area contributed by atoms with E-state index in [0.29, 0.717) is 38.6 Å². The third-order valence-electron chi connectivity index (χ3n) is 4.93. The Kier molecular flexibility index (Phi) is 5.38. The second kappa shape index (κ2) is 7.94. The Bertz CT molecular complexity index is 1120. The van der Waals surface area contributed by atoms with Gasteiger partial charge in [0, 0.05) is 28.6 Å². The minimum absolute atomic E-state index is 0.0349. The van der Waals surface area contributed by atoms with Crippen LogP contribution < -0.4 is 5.56 Å². The van der Waals surface area contributed by atoms with Crippen LogP contribution in [0.4, 0.5) is 0 Å². The van der Waals surface area contributed by atoms with E-state index in [-0.39, 0.29) is 12.2 Å². The first-order chi connectivity index (χ1) is 13.5. The van der Waals surface area contributed by atoms with Crippen molar-refractivity contribution in [2.24, 2.45) is 0 Å². The smallest absolute Gasteiger partial charge is 0.338 e. The fraction of sp³-hybridized carbons (Fsp3) is 0.286. The first-order valence-corrected chi connectivity index (χ1v) is 9.93. The molecule has 0 N–H and O–H groups in total. The van der Waals surface area contributed by atoms with E-state index in [2.05, 4.69) is 4.98 Å². The average molecular weight is 417 g/mol. The molecule has 2 heterocycles. The molecule has 0 amide bonds. The van der Waals surface area contributed by atoms with E-state index in [4.69, 9.17) is 27.9 Å². The van der Waals surface area contributed by atoms with Gasteiger partial charge in [-0.3, -0.25) is 9.36 Å². The molecule has 0 fully saturated rings. The van der Waals surface area contributed by atoms with E-state index in [0.717, 1.165) is 31.5 Å². The van der Waals surface area contributed by atoms with Gasteiger partial charge in [-0.2, -0.15) is 0 Å². The van der Waals surface area contributed by atoms with E-state index < -0.39 is 5.97 Å². The maximum atomic E-state index is 12.8. The largest absolute Gasteiger partial charge is 0.457 e. The van der Waals surface area contributed by atoms with Crippen LogP contribution >= 0.6 is 23.2 Å². The van der Waals surface area contributed by atoms with Crippen LogP contribution in [0.2, 0.25) is 10.0 Å². The first kappa shape index (κ1) is 19.0. The van der Waals surface area contributed by atoms with E-state index >= 15 is 0 Å². The molecule has 1 aliphatic heterocycles. The lowest BCUT2D eigenvalue weighted by Gasteiger charge is -2.11. The van der Waals surface area contributed by atoms with Gasteiger partial charge in [-0.1, -0.05) is 35.7 Å². The normalized spacial score (nSPS) is 13.8. The number of esters is 1. The maximum absolute atomic E-state index is 12.8. The van der Waals surface area contributed by atoms with E-state index in [1.165, 1.54) is 0 Å². The van der Waals surface area contributed by atoms with Crippen molar-refractivity contribution in [3.05, 3.63) is 73.7 Å². The monoisotopic (exact) mass is 416 g/mol. The first-order valence-electron chi connectivity index (χ1n) is 9.17. The summed E-state index contributed by atoms with van der Waals surface area (Å²) in [7, 11) is 0. The van der Waals surface area contributed by atoms with Crippen LogP contribution in [-0.2, 0) is 24.3 Å². The van der Waals surface area contributed by atoms with Gasteiger partial charge in [-0.05, 0) is 43.2 Å². The van der Waals surface area contributed by atoms with Gasteiger partial charge in [0.2, 0.25) is 0 Å². The minimum Gasteiger partial charge on any atom is -0.457 e.